The molecule has 0 unspecified atom stereocenters. The second-order valence-corrected chi connectivity index (χ2v) is 8.69. The zero-order valence-electron chi connectivity index (χ0n) is 14.4. The highest BCUT2D eigenvalue weighted by Gasteiger charge is 2.19. The Bertz CT molecular complexity index is 936. The molecule has 9 nitrogen and oxygen atoms in total. The van der Waals surface area contributed by atoms with Crippen LogP contribution >= 0.6 is 0 Å². The number of para-hydroxylation sites is 1. The second-order valence-electron chi connectivity index (χ2n) is 5.40. The molecule has 0 spiro atoms. The van der Waals surface area contributed by atoms with Crippen LogP contribution in [0.4, 0.5) is 0 Å². The molecule has 144 valence electrons. The van der Waals surface area contributed by atoms with Gasteiger partial charge in [-0.15, -0.1) is 0 Å². The number of hydrogen-bond acceptors (Lipinski definition) is 9. The number of pyridine rings is 1. The van der Waals surface area contributed by atoms with E-state index in [1.807, 2.05) is 6.07 Å². The van der Waals surface area contributed by atoms with Gasteiger partial charge in [-0.1, -0.05) is 12.1 Å². The monoisotopic (exact) mass is 405 g/mol. The van der Waals surface area contributed by atoms with Crippen LogP contribution in [0.15, 0.2) is 30.3 Å². The lowest BCUT2D eigenvalue weighted by Crippen LogP contribution is -2.31. The molecule has 0 atom stereocenters. The minimum absolute atomic E-state index is 0.306. The van der Waals surface area contributed by atoms with Gasteiger partial charge < -0.3 is 9.47 Å². The molecule has 0 bridgehead atoms. The van der Waals surface area contributed by atoms with Crippen LogP contribution < -0.4 is 9.47 Å². The van der Waals surface area contributed by atoms with E-state index >= 15 is 0 Å². The molecular weight excluding hydrogens is 386 g/mol. The van der Waals surface area contributed by atoms with E-state index in [4.69, 9.17) is 17.8 Å². The van der Waals surface area contributed by atoms with Crippen molar-refractivity contribution in [3.05, 3.63) is 30.3 Å². The lowest BCUT2D eigenvalue weighted by Gasteiger charge is -2.19. The summed E-state index contributed by atoms with van der Waals surface area (Å²) in [5.41, 5.74) is 0.468. The van der Waals surface area contributed by atoms with Gasteiger partial charge in [0.2, 0.25) is 5.88 Å². The number of nitrogens with zero attached hydrogens (tertiary/aromatic N) is 1. The first-order valence-corrected chi connectivity index (χ1v) is 11.0. The van der Waals surface area contributed by atoms with Crippen molar-refractivity contribution in [2.45, 2.75) is 6.10 Å². The molecule has 0 N–H and O–H groups in total. The number of benzene rings is 1. The first-order chi connectivity index (χ1) is 12.1. The van der Waals surface area contributed by atoms with Gasteiger partial charge in [0, 0.05) is 11.5 Å². The number of rotatable bonds is 9. The highest BCUT2D eigenvalue weighted by molar-refractivity contribution is 7.86. The molecule has 2 rings (SSSR count). The molecule has 1 aromatic heterocycles. The minimum Gasteiger partial charge on any atom is -0.483 e. The Labute approximate surface area is 152 Å². The number of fused-ring (bicyclic) bond motifs is 1. The molecule has 1 heterocycles. The molecule has 0 fully saturated rings. The first-order valence-electron chi connectivity index (χ1n) is 7.36. The summed E-state index contributed by atoms with van der Waals surface area (Å²) in [5, 5.41) is 0.759. The first kappa shape index (κ1) is 20.4. The third-order valence-electron chi connectivity index (χ3n) is 3.10. The minimum atomic E-state index is -3.74. The van der Waals surface area contributed by atoms with Crippen LogP contribution in [0, 0.1) is 0 Å². The summed E-state index contributed by atoms with van der Waals surface area (Å²) < 4.78 is 65.1. The summed E-state index contributed by atoms with van der Waals surface area (Å²) in [7, 11) is -6.01. The predicted octanol–water partition coefficient (Wildman–Crippen LogP) is 0.943. The molecular formula is C15H19NO8S2. The average molecular weight is 405 g/mol. The van der Waals surface area contributed by atoms with E-state index in [1.54, 1.807) is 24.3 Å². The van der Waals surface area contributed by atoms with E-state index in [0.717, 1.165) is 17.9 Å². The van der Waals surface area contributed by atoms with E-state index in [2.05, 4.69) is 4.98 Å². The molecule has 2 aromatic rings. The highest BCUT2D eigenvalue weighted by atomic mass is 32.2. The third kappa shape index (κ3) is 6.41. The van der Waals surface area contributed by atoms with Gasteiger partial charge in [-0.05, 0) is 12.1 Å². The molecule has 11 heteroatoms. The number of methoxy groups -OCH3 is 1. The number of hydrogen-bond donors (Lipinski definition) is 0. The fourth-order valence-electron chi connectivity index (χ4n) is 2.01. The van der Waals surface area contributed by atoms with Crippen LogP contribution in [0.25, 0.3) is 10.9 Å². The zero-order valence-corrected chi connectivity index (χ0v) is 16.0. The Kier molecular flexibility index (Phi) is 6.39. The van der Waals surface area contributed by atoms with Crippen LogP contribution in [-0.4, -0.2) is 60.8 Å². The fourth-order valence-corrected chi connectivity index (χ4v) is 2.80. The summed E-state index contributed by atoms with van der Waals surface area (Å²) >= 11 is 0. The summed E-state index contributed by atoms with van der Waals surface area (Å²) in [6, 6.07) is 8.61. The average Bonchev–Trinajstić information content (AvgIpc) is 2.55. The lowest BCUT2D eigenvalue weighted by molar-refractivity contribution is 0.0880. The van der Waals surface area contributed by atoms with Crippen molar-refractivity contribution < 1.29 is 34.7 Å². The molecule has 26 heavy (non-hydrogen) atoms. The van der Waals surface area contributed by atoms with E-state index in [9.17, 15) is 16.8 Å². The summed E-state index contributed by atoms with van der Waals surface area (Å²) in [6.45, 7) is -0.844. The van der Waals surface area contributed by atoms with Crippen molar-refractivity contribution in [1.82, 2.24) is 4.98 Å². The Morgan fingerprint density at radius 1 is 0.962 bits per heavy atom. The van der Waals surface area contributed by atoms with Crippen LogP contribution in [-0.2, 0) is 28.6 Å². The van der Waals surface area contributed by atoms with Crippen LogP contribution in [0.2, 0.25) is 0 Å². The van der Waals surface area contributed by atoms with Crippen LogP contribution in [0.5, 0.6) is 11.6 Å². The Morgan fingerprint density at radius 2 is 1.58 bits per heavy atom. The molecule has 0 saturated carbocycles. The molecule has 0 radical (unpaired) electrons. The Morgan fingerprint density at radius 3 is 2.12 bits per heavy atom. The van der Waals surface area contributed by atoms with Gasteiger partial charge >= 0.3 is 0 Å². The van der Waals surface area contributed by atoms with Crippen molar-refractivity contribution in [3.63, 3.8) is 0 Å². The van der Waals surface area contributed by atoms with E-state index in [1.165, 1.54) is 7.11 Å². The number of ether oxygens (including phenoxy) is 2. The van der Waals surface area contributed by atoms with Crippen LogP contribution in [0.1, 0.15) is 0 Å². The van der Waals surface area contributed by atoms with Crippen LogP contribution in [0.3, 0.4) is 0 Å². The zero-order chi connectivity index (χ0) is 19.4. The van der Waals surface area contributed by atoms with Gasteiger partial charge in [-0.2, -0.15) is 16.8 Å². The molecule has 0 amide bonds. The maximum atomic E-state index is 11.2. The third-order valence-corrected chi connectivity index (χ3v) is 4.22. The molecule has 1 aromatic carbocycles. The number of aromatic nitrogens is 1. The molecule has 0 aliphatic carbocycles. The van der Waals surface area contributed by atoms with Gasteiger partial charge in [-0.3, -0.25) is 8.37 Å². The fraction of sp³-hybridized carbons (Fsp3) is 0.400. The van der Waals surface area contributed by atoms with Crippen molar-refractivity contribution in [1.29, 1.82) is 0 Å². The summed E-state index contributed by atoms with van der Waals surface area (Å²) in [4.78, 5) is 4.30. The SMILES string of the molecule is COc1ccc2cccc(OC(COS(C)(=O)=O)COS(C)(=O)=O)c2n1. The van der Waals surface area contributed by atoms with Gasteiger partial charge in [0.05, 0.1) is 19.6 Å². The quantitative estimate of drug-likeness (QED) is 0.562. The van der Waals surface area contributed by atoms with E-state index in [0.29, 0.717) is 17.1 Å². The molecule has 0 aliphatic rings. The van der Waals surface area contributed by atoms with E-state index < -0.39 is 39.6 Å². The molecule has 0 aliphatic heterocycles. The standard InChI is InChI=1S/C15H19NO8S2/c1-21-14-8-7-11-5-4-6-13(15(11)16-14)24-12(9-22-25(2,17)18)10-23-26(3,19)20/h4-8,12H,9-10H2,1-3H3. The summed E-state index contributed by atoms with van der Waals surface area (Å²) in [6.07, 6.45) is 0.760. The van der Waals surface area contributed by atoms with Crippen molar-refractivity contribution in [3.8, 4) is 11.6 Å². The topological polar surface area (TPSA) is 118 Å². The Balaban J connectivity index is 2.29. The smallest absolute Gasteiger partial charge is 0.264 e. The largest absolute Gasteiger partial charge is 0.483 e. The highest BCUT2D eigenvalue weighted by Crippen LogP contribution is 2.27. The lowest BCUT2D eigenvalue weighted by atomic mass is 10.2. The van der Waals surface area contributed by atoms with Crippen molar-refractivity contribution in [2.24, 2.45) is 0 Å². The second kappa shape index (κ2) is 8.16. The predicted molar refractivity (Wildman–Crippen MR) is 94.3 cm³/mol. The van der Waals surface area contributed by atoms with Gasteiger partial charge in [0.15, 0.2) is 0 Å². The maximum Gasteiger partial charge on any atom is 0.264 e. The van der Waals surface area contributed by atoms with Gasteiger partial charge in [-0.25, -0.2) is 4.98 Å². The van der Waals surface area contributed by atoms with Gasteiger partial charge in [0.1, 0.15) is 30.6 Å². The molecule has 0 saturated heterocycles. The maximum absolute atomic E-state index is 11.2. The normalized spacial score (nSPS) is 12.5. The Hall–Kier alpha value is -1.95. The van der Waals surface area contributed by atoms with E-state index in [-0.39, 0.29) is 0 Å². The summed E-state index contributed by atoms with van der Waals surface area (Å²) in [5.74, 6) is 0.672. The van der Waals surface area contributed by atoms with Crippen molar-refractivity contribution >= 4 is 31.1 Å². The van der Waals surface area contributed by atoms with Gasteiger partial charge in [0.25, 0.3) is 20.2 Å². The van der Waals surface area contributed by atoms with Crippen molar-refractivity contribution in [2.75, 3.05) is 32.8 Å².